The average Bonchev–Trinajstić information content (AvgIpc) is 2.91. The lowest BCUT2D eigenvalue weighted by molar-refractivity contribution is -0.121. The molecule has 0 saturated carbocycles. The van der Waals surface area contributed by atoms with Crippen molar-refractivity contribution in [3.8, 4) is 0 Å². The minimum atomic E-state index is -0.0506. The molecule has 2 heterocycles. The fourth-order valence-electron chi connectivity index (χ4n) is 3.05. The van der Waals surface area contributed by atoms with Gasteiger partial charge in [0, 0.05) is 23.8 Å². The highest BCUT2D eigenvalue weighted by Crippen LogP contribution is 2.33. The third-order valence-corrected chi connectivity index (χ3v) is 6.04. The van der Waals surface area contributed by atoms with E-state index in [9.17, 15) is 9.59 Å². The van der Waals surface area contributed by atoms with Gasteiger partial charge in [0.15, 0.2) is 0 Å². The van der Waals surface area contributed by atoms with E-state index >= 15 is 0 Å². The Bertz CT molecular complexity index is 806. The summed E-state index contributed by atoms with van der Waals surface area (Å²) < 4.78 is 0. The number of carbonyl (C=O) groups excluding carboxylic acids is 1. The highest BCUT2D eigenvalue weighted by atomic mass is 32.1. The maximum Gasteiger partial charge on any atom is 0.259 e. The van der Waals surface area contributed by atoms with Crippen LogP contribution in [0.5, 0.6) is 0 Å². The van der Waals surface area contributed by atoms with Crippen molar-refractivity contribution in [1.82, 2.24) is 15.3 Å². The maximum atomic E-state index is 12.5. The van der Waals surface area contributed by atoms with E-state index < -0.39 is 0 Å². The van der Waals surface area contributed by atoms with Crippen LogP contribution in [0.4, 0.5) is 0 Å². The lowest BCUT2D eigenvalue weighted by atomic mass is 9.97. The second-order valence-corrected chi connectivity index (χ2v) is 8.09. The van der Waals surface area contributed by atoms with E-state index in [0.717, 1.165) is 29.5 Å². The van der Waals surface area contributed by atoms with Crippen molar-refractivity contribution < 1.29 is 4.79 Å². The molecule has 1 aliphatic rings. The molecule has 3 rings (SSSR count). The molecule has 0 radical (unpaired) electrons. The number of hydrogen-bond acceptors (Lipinski definition) is 4. The third-order valence-electron chi connectivity index (χ3n) is 4.85. The molecule has 0 saturated heterocycles. The molecule has 0 fully saturated rings. The zero-order chi connectivity index (χ0) is 17.3. The van der Waals surface area contributed by atoms with Crippen LogP contribution in [0, 0.1) is 5.92 Å². The van der Waals surface area contributed by atoms with Gasteiger partial charge < -0.3 is 10.3 Å². The molecule has 6 heteroatoms. The summed E-state index contributed by atoms with van der Waals surface area (Å²) in [7, 11) is 0. The van der Waals surface area contributed by atoms with Gasteiger partial charge in [0.25, 0.3) is 5.56 Å². The number of amides is 1. The molecule has 130 valence electrons. The average molecular weight is 347 g/mol. The van der Waals surface area contributed by atoms with E-state index in [1.165, 1.54) is 16.9 Å². The summed E-state index contributed by atoms with van der Waals surface area (Å²) in [4.78, 5) is 34.1. The van der Waals surface area contributed by atoms with Crippen molar-refractivity contribution in [2.45, 2.75) is 65.3 Å². The summed E-state index contributed by atoms with van der Waals surface area (Å²) in [5.41, 5.74) is 1.15. The molecule has 2 N–H and O–H groups in total. The smallest absolute Gasteiger partial charge is 0.259 e. The van der Waals surface area contributed by atoms with E-state index in [1.54, 1.807) is 11.3 Å². The number of nitrogens with zero attached hydrogens (tertiary/aromatic N) is 1. The Morgan fingerprint density at radius 2 is 2.04 bits per heavy atom. The van der Waals surface area contributed by atoms with E-state index in [0.29, 0.717) is 24.6 Å². The van der Waals surface area contributed by atoms with E-state index in [-0.39, 0.29) is 17.5 Å². The first-order valence-electron chi connectivity index (χ1n) is 8.78. The number of hydrogen-bond donors (Lipinski definition) is 2. The largest absolute Gasteiger partial charge is 0.353 e. The van der Waals surface area contributed by atoms with Gasteiger partial charge in [0.05, 0.1) is 5.39 Å². The molecular formula is C18H25N3O2S. The lowest BCUT2D eigenvalue weighted by Gasteiger charge is -2.17. The van der Waals surface area contributed by atoms with Crippen molar-refractivity contribution >= 4 is 27.5 Å². The fraction of sp³-hybridized carbons (Fsp3) is 0.611. The van der Waals surface area contributed by atoms with E-state index in [1.807, 2.05) is 6.92 Å². The van der Waals surface area contributed by atoms with Gasteiger partial charge >= 0.3 is 0 Å². The summed E-state index contributed by atoms with van der Waals surface area (Å²) in [6, 6.07) is 0.149. The fourth-order valence-corrected chi connectivity index (χ4v) is 4.33. The molecule has 0 aliphatic heterocycles. The van der Waals surface area contributed by atoms with Crippen molar-refractivity contribution in [3.05, 3.63) is 26.6 Å². The van der Waals surface area contributed by atoms with Gasteiger partial charge in [-0.2, -0.15) is 0 Å². The standard InChI is InChI=1S/C18H25N3O2S/c1-10(2)11(3)19-15(22)9-8-14-20-17(23)16-12-6-4-5-7-13(12)24-18(16)21-14/h10-11H,4-9H2,1-3H3,(H,19,22)(H,20,21,23). The molecule has 1 unspecified atom stereocenters. The number of carbonyl (C=O) groups is 1. The second kappa shape index (κ2) is 7.05. The van der Waals surface area contributed by atoms with Crippen LogP contribution in [-0.2, 0) is 24.1 Å². The van der Waals surface area contributed by atoms with Crippen LogP contribution >= 0.6 is 11.3 Å². The zero-order valence-corrected chi connectivity index (χ0v) is 15.4. The number of rotatable bonds is 5. The highest BCUT2D eigenvalue weighted by Gasteiger charge is 2.20. The van der Waals surface area contributed by atoms with Gasteiger partial charge in [-0.3, -0.25) is 9.59 Å². The summed E-state index contributed by atoms with van der Waals surface area (Å²) in [5.74, 6) is 1.02. The summed E-state index contributed by atoms with van der Waals surface area (Å²) in [6.07, 6.45) is 5.18. The first-order valence-corrected chi connectivity index (χ1v) is 9.60. The van der Waals surface area contributed by atoms with Gasteiger partial charge in [-0.25, -0.2) is 4.98 Å². The Labute approximate surface area is 145 Å². The Morgan fingerprint density at radius 3 is 2.79 bits per heavy atom. The van der Waals surface area contributed by atoms with Gasteiger partial charge in [0.1, 0.15) is 10.7 Å². The van der Waals surface area contributed by atoms with Crippen LogP contribution in [0.2, 0.25) is 0 Å². The van der Waals surface area contributed by atoms with Crippen molar-refractivity contribution in [2.75, 3.05) is 0 Å². The molecule has 0 bridgehead atoms. The van der Waals surface area contributed by atoms with Crippen molar-refractivity contribution in [3.63, 3.8) is 0 Å². The molecule has 2 aromatic heterocycles. The van der Waals surface area contributed by atoms with Crippen molar-refractivity contribution in [2.24, 2.45) is 5.92 Å². The molecule has 2 aromatic rings. The molecule has 5 nitrogen and oxygen atoms in total. The molecular weight excluding hydrogens is 322 g/mol. The first kappa shape index (κ1) is 17.1. The van der Waals surface area contributed by atoms with Gasteiger partial charge in [-0.05, 0) is 44.1 Å². The summed E-state index contributed by atoms with van der Waals surface area (Å²) in [6.45, 7) is 6.16. The minimum Gasteiger partial charge on any atom is -0.353 e. The minimum absolute atomic E-state index is 0.00409. The normalized spacial score (nSPS) is 15.5. The predicted octanol–water partition coefficient (Wildman–Crippen LogP) is 2.96. The summed E-state index contributed by atoms with van der Waals surface area (Å²) >= 11 is 1.65. The number of thiophene rings is 1. The van der Waals surface area contributed by atoms with Crippen LogP contribution in [0.1, 0.15) is 56.3 Å². The quantitative estimate of drug-likeness (QED) is 0.873. The second-order valence-electron chi connectivity index (χ2n) is 7.00. The Balaban J connectivity index is 1.74. The van der Waals surface area contributed by atoms with Crippen LogP contribution in [0.3, 0.4) is 0 Å². The Hall–Kier alpha value is -1.69. The predicted molar refractivity (Wildman–Crippen MR) is 97.6 cm³/mol. The zero-order valence-electron chi connectivity index (χ0n) is 14.6. The van der Waals surface area contributed by atoms with Crippen LogP contribution < -0.4 is 10.9 Å². The van der Waals surface area contributed by atoms with E-state index in [4.69, 9.17) is 0 Å². The molecule has 0 spiro atoms. The molecule has 24 heavy (non-hydrogen) atoms. The lowest BCUT2D eigenvalue weighted by Crippen LogP contribution is -2.36. The number of aromatic amines is 1. The number of nitrogens with one attached hydrogen (secondary N) is 2. The highest BCUT2D eigenvalue weighted by molar-refractivity contribution is 7.18. The molecule has 0 aromatic carbocycles. The third kappa shape index (κ3) is 3.53. The number of aromatic nitrogens is 2. The Morgan fingerprint density at radius 1 is 1.29 bits per heavy atom. The number of aryl methyl sites for hydroxylation is 3. The SMILES string of the molecule is CC(C)C(C)NC(=O)CCc1nc2sc3c(c2c(=O)[nH]1)CCCC3. The molecule has 1 amide bonds. The molecule has 1 aliphatic carbocycles. The monoisotopic (exact) mass is 347 g/mol. The molecule has 1 atom stereocenters. The Kier molecular flexibility index (Phi) is 5.04. The maximum absolute atomic E-state index is 12.5. The van der Waals surface area contributed by atoms with E-state index in [2.05, 4.69) is 29.1 Å². The number of fused-ring (bicyclic) bond motifs is 3. The van der Waals surface area contributed by atoms with Gasteiger partial charge in [-0.1, -0.05) is 13.8 Å². The first-order chi connectivity index (χ1) is 11.5. The summed E-state index contributed by atoms with van der Waals surface area (Å²) in [5, 5.41) is 3.76. The van der Waals surface area contributed by atoms with Gasteiger partial charge in [0.2, 0.25) is 5.91 Å². The van der Waals surface area contributed by atoms with Crippen LogP contribution in [-0.4, -0.2) is 21.9 Å². The van der Waals surface area contributed by atoms with Gasteiger partial charge in [-0.15, -0.1) is 11.3 Å². The topological polar surface area (TPSA) is 74.8 Å². The number of H-pyrrole nitrogens is 1. The van der Waals surface area contributed by atoms with Crippen molar-refractivity contribution in [1.29, 1.82) is 0 Å². The van der Waals surface area contributed by atoms with Crippen LogP contribution in [0.25, 0.3) is 10.2 Å². The van der Waals surface area contributed by atoms with Crippen LogP contribution in [0.15, 0.2) is 4.79 Å².